The molecule has 0 saturated carbocycles. The van der Waals surface area contributed by atoms with E-state index in [1.54, 1.807) is 19.4 Å². The highest BCUT2D eigenvalue weighted by atomic mass is 32.2. The Labute approximate surface area is 223 Å². The number of aryl methyl sites for hydroxylation is 1. The maximum Gasteiger partial charge on any atom is 0.303 e. The average molecular weight is 525 g/mol. The van der Waals surface area contributed by atoms with Crippen LogP contribution >= 0.6 is 11.8 Å². The smallest absolute Gasteiger partial charge is 0.303 e. The number of alkyl halides is 1. The molecule has 0 radical (unpaired) electrons. The van der Waals surface area contributed by atoms with Gasteiger partial charge in [0.05, 0.1) is 12.6 Å². The number of hydrogen-bond acceptors (Lipinski definition) is 5. The van der Waals surface area contributed by atoms with E-state index in [2.05, 4.69) is 41.1 Å². The van der Waals surface area contributed by atoms with Crippen molar-refractivity contribution < 1.29 is 19.0 Å². The van der Waals surface area contributed by atoms with Crippen molar-refractivity contribution in [1.82, 2.24) is 9.88 Å². The van der Waals surface area contributed by atoms with E-state index in [0.29, 0.717) is 30.1 Å². The molecule has 1 saturated heterocycles. The number of fused-ring (bicyclic) bond motifs is 1. The number of thioether (sulfide) groups is 1. The van der Waals surface area contributed by atoms with Crippen LogP contribution in [0.25, 0.3) is 10.9 Å². The number of rotatable bonds is 12. The largest absolute Gasteiger partial charge is 0.497 e. The van der Waals surface area contributed by atoms with Gasteiger partial charge in [0.25, 0.3) is 0 Å². The number of benzene rings is 2. The van der Waals surface area contributed by atoms with Gasteiger partial charge in [-0.25, -0.2) is 4.39 Å². The number of carboxylic acids is 1. The lowest BCUT2D eigenvalue weighted by molar-refractivity contribution is -0.137. The van der Waals surface area contributed by atoms with Gasteiger partial charge in [-0.15, -0.1) is 11.8 Å². The molecule has 1 aliphatic heterocycles. The van der Waals surface area contributed by atoms with Crippen LogP contribution in [0.15, 0.2) is 59.6 Å². The van der Waals surface area contributed by atoms with Gasteiger partial charge in [0.2, 0.25) is 0 Å². The van der Waals surface area contributed by atoms with Crippen molar-refractivity contribution in [3.8, 4) is 5.75 Å². The summed E-state index contributed by atoms with van der Waals surface area (Å²) in [6.45, 7) is 4.94. The Bertz CT molecular complexity index is 1170. The lowest BCUT2D eigenvalue weighted by atomic mass is 9.79. The lowest BCUT2D eigenvalue weighted by Gasteiger charge is -2.39. The van der Waals surface area contributed by atoms with Gasteiger partial charge in [-0.05, 0) is 92.9 Å². The van der Waals surface area contributed by atoms with Crippen molar-refractivity contribution in [1.29, 1.82) is 0 Å². The Morgan fingerprint density at radius 1 is 1.19 bits per heavy atom. The number of halogens is 1. The van der Waals surface area contributed by atoms with Crippen molar-refractivity contribution in [3.63, 3.8) is 0 Å². The number of carbonyl (C=O) groups is 1. The predicted octanol–water partition coefficient (Wildman–Crippen LogP) is 6.94. The summed E-state index contributed by atoms with van der Waals surface area (Å²) in [5.74, 6) is 1.55. The first-order valence-corrected chi connectivity index (χ1v) is 14.1. The monoisotopic (exact) mass is 524 g/mol. The first kappa shape index (κ1) is 27.4. The highest BCUT2D eigenvalue weighted by Gasteiger charge is 2.30. The molecular formula is C30H37FN2O3S. The topological polar surface area (TPSA) is 62.7 Å². The second kappa shape index (κ2) is 13.2. The highest BCUT2D eigenvalue weighted by Crippen LogP contribution is 2.36. The fraction of sp³-hybridized carbons (Fsp3) is 0.467. The molecule has 0 aliphatic carbocycles. The molecule has 0 bridgehead atoms. The first-order valence-electron chi connectivity index (χ1n) is 13.1. The average Bonchev–Trinajstić information content (AvgIpc) is 2.91. The van der Waals surface area contributed by atoms with Gasteiger partial charge in [-0.2, -0.15) is 0 Å². The third-order valence-electron chi connectivity index (χ3n) is 7.51. The number of hydrogen-bond donors (Lipinski definition) is 1. The Hall–Kier alpha value is -2.64. The number of likely N-dealkylation sites (tertiary alicyclic amines) is 1. The number of carboxylic acid groups (broad SMARTS) is 1. The third kappa shape index (κ3) is 7.68. The fourth-order valence-electron chi connectivity index (χ4n) is 5.36. The van der Waals surface area contributed by atoms with E-state index in [-0.39, 0.29) is 12.3 Å². The van der Waals surface area contributed by atoms with Crippen LogP contribution < -0.4 is 4.74 Å². The third-order valence-corrected chi connectivity index (χ3v) is 8.50. The number of nitrogens with zero attached hydrogens (tertiary/aromatic N) is 2. The maximum atomic E-state index is 15.6. The summed E-state index contributed by atoms with van der Waals surface area (Å²) in [7, 11) is 1.61. The molecule has 7 heteroatoms. The van der Waals surface area contributed by atoms with Gasteiger partial charge < -0.3 is 14.7 Å². The lowest BCUT2D eigenvalue weighted by Crippen LogP contribution is -2.41. The number of piperidine rings is 1. The molecule has 1 aromatic heterocycles. The summed E-state index contributed by atoms with van der Waals surface area (Å²) in [5, 5.41) is 10.1. The van der Waals surface area contributed by atoms with Crippen LogP contribution in [0, 0.1) is 18.8 Å². The summed E-state index contributed by atoms with van der Waals surface area (Å²) in [6.07, 6.45) is 3.55. The molecule has 198 valence electrons. The van der Waals surface area contributed by atoms with Crippen LogP contribution in [0.4, 0.5) is 4.39 Å². The molecule has 1 unspecified atom stereocenters. The van der Waals surface area contributed by atoms with Gasteiger partial charge in [0.1, 0.15) is 11.9 Å². The molecule has 2 heterocycles. The van der Waals surface area contributed by atoms with Crippen LogP contribution in [-0.2, 0) is 4.79 Å². The zero-order chi connectivity index (χ0) is 26.2. The molecule has 2 aromatic carbocycles. The van der Waals surface area contributed by atoms with Crippen LogP contribution in [0.3, 0.4) is 0 Å². The Morgan fingerprint density at radius 3 is 2.76 bits per heavy atom. The second-order valence-electron chi connectivity index (χ2n) is 10.0. The van der Waals surface area contributed by atoms with E-state index in [1.807, 2.05) is 30.0 Å². The minimum Gasteiger partial charge on any atom is -0.497 e. The van der Waals surface area contributed by atoms with Gasteiger partial charge in [-0.3, -0.25) is 9.78 Å². The molecule has 3 aromatic rings. The molecule has 0 spiro atoms. The molecule has 1 fully saturated rings. The fourth-order valence-corrected chi connectivity index (χ4v) is 6.28. The number of aliphatic carboxylic acids is 1. The van der Waals surface area contributed by atoms with E-state index in [1.165, 1.54) is 10.5 Å². The summed E-state index contributed by atoms with van der Waals surface area (Å²) in [6, 6.07) is 15.9. The van der Waals surface area contributed by atoms with Crippen LogP contribution in [0.5, 0.6) is 5.75 Å². The molecule has 1 aliphatic rings. The van der Waals surface area contributed by atoms with E-state index < -0.39 is 12.1 Å². The predicted molar refractivity (Wildman–Crippen MR) is 148 cm³/mol. The van der Waals surface area contributed by atoms with Gasteiger partial charge >= 0.3 is 5.97 Å². The summed E-state index contributed by atoms with van der Waals surface area (Å²) >= 11 is 1.86. The summed E-state index contributed by atoms with van der Waals surface area (Å²) in [5.41, 5.74) is 2.67. The first-order chi connectivity index (χ1) is 17.9. The van der Waals surface area contributed by atoms with Crippen molar-refractivity contribution in [2.45, 2.75) is 50.1 Å². The molecule has 4 rings (SSSR count). The molecule has 1 N–H and O–H groups in total. The minimum atomic E-state index is -1.10. The zero-order valence-electron chi connectivity index (χ0n) is 21.7. The summed E-state index contributed by atoms with van der Waals surface area (Å²) in [4.78, 5) is 19.4. The van der Waals surface area contributed by atoms with Crippen molar-refractivity contribution in [2.24, 2.45) is 11.8 Å². The number of aromatic nitrogens is 1. The maximum absolute atomic E-state index is 15.6. The standard InChI is InChI=1S/C30H37FN2O3S/c1-21-3-8-25(9-4-21)37-18-17-33-16-14-22(23(20-33)6-12-30(34)35)5-10-28(31)26-13-15-32-29-11-7-24(36-2)19-27(26)29/h3-4,7-9,11,13,15,19,22-23,28H,5-6,10,12,14,16-18,20H2,1-2H3,(H,34,35)/t22-,23+,28?/m1/s1. The molecule has 3 atom stereocenters. The number of methoxy groups -OCH3 is 1. The highest BCUT2D eigenvalue weighted by molar-refractivity contribution is 7.99. The minimum absolute atomic E-state index is 0.168. The quantitative estimate of drug-likeness (QED) is 0.259. The summed E-state index contributed by atoms with van der Waals surface area (Å²) < 4.78 is 20.9. The van der Waals surface area contributed by atoms with Gasteiger partial charge in [0, 0.05) is 41.7 Å². The molecule has 37 heavy (non-hydrogen) atoms. The van der Waals surface area contributed by atoms with E-state index in [9.17, 15) is 9.90 Å². The van der Waals surface area contributed by atoms with Crippen molar-refractivity contribution in [3.05, 3.63) is 65.9 Å². The van der Waals surface area contributed by atoms with Crippen molar-refractivity contribution >= 4 is 28.6 Å². The van der Waals surface area contributed by atoms with Crippen LogP contribution in [-0.4, -0.2) is 53.5 Å². The van der Waals surface area contributed by atoms with E-state index in [4.69, 9.17) is 4.74 Å². The normalized spacial score (nSPS) is 19.1. The van der Waals surface area contributed by atoms with Crippen LogP contribution in [0.1, 0.15) is 49.4 Å². The Morgan fingerprint density at radius 2 is 2.00 bits per heavy atom. The molecular weight excluding hydrogens is 487 g/mol. The van der Waals surface area contributed by atoms with E-state index in [0.717, 1.165) is 49.1 Å². The SMILES string of the molecule is COc1ccc2nccc(C(F)CC[C@@H]3CCN(CCSc4ccc(C)cc4)C[C@@H]3CCC(=O)O)c2c1. The van der Waals surface area contributed by atoms with Crippen LogP contribution in [0.2, 0.25) is 0 Å². The number of ether oxygens (including phenoxy) is 1. The number of pyridine rings is 1. The van der Waals surface area contributed by atoms with Crippen molar-refractivity contribution in [2.75, 3.05) is 32.5 Å². The zero-order valence-corrected chi connectivity index (χ0v) is 22.6. The second-order valence-corrected chi connectivity index (χ2v) is 11.2. The molecule has 0 amide bonds. The van der Waals surface area contributed by atoms with Gasteiger partial charge in [0.15, 0.2) is 0 Å². The Kier molecular flexibility index (Phi) is 9.81. The van der Waals surface area contributed by atoms with Gasteiger partial charge in [-0.1, -0.05) is 17.7 Å². The molecule has 5 nitrogen and oxygen atoms in total. The Balaban J connectivity index is 1.34. The van der Waals surface area contributed by atoms with E-state index >= 15 is 4.39 Å².